The third kappa shape index (κ3) is 5.95. The van der Waals surface area contributed by atoms with Crippen molar-refractivity contribution in [3.8, 4) is 11.4 Å². The van der Waals surface area contributed by atoms with Crippen LogP contribution in [0.3, 0.4) is 0 Å². The number of carbonyl (C=O) groups is 1. The van der Waals surface area contributed by atoms with Gasteiger partial charge in [0.1, 0.15) is 5.82 Å². The molecular weight excluding hydrogens is 464 g/mol. The van der Waals surface area contributed by atoms with Crippen LogP contribution in [0.25, 0.3) is 11.4 Å². The molecular formula is C25H30N6O3S. The molecule has 1 atom stereocenters. The number of carbonyl (C=O) groups excluding carboxylic acids is 1. The Balaban J connectivity index is 1.20. The maximum atomic E-state index is 12.8. The van der Waals surface area contributed by atoms with Crippen molar-refractivity contribution in [2.45, 2.75) is 25.3 Å². The maximum absolute atomic E-state index is 12.8. The number of nitrogens with zero attached hydrogens (tertiary/aromatic N) is 3. The Labute approximate surface area is 205 Å². The largest absolute Gasteiger partial charge is 0.322 e. The van der Waals surface area contributed by atoms with Crippen LogP contribution >= 0.6 is 0 Å². The van der Waals surface area contributed by atoms with Crippen molar-refractivity contribution in [1.82, 2.24) is 25.4 Å². The van der Waals surface area contributed by atoms with E-state index in [1.165, 1.54) is 0 Å². The molecule has 5 rings (SSSR count). The molecule has 2 fully saturated rings. The number of aromatic nitrogens is 3. The van der Waals surface area contributed by atoms with E-state index in [9.17, 15) is 13.2 Å². The molecule has 0 spiro atoms. The third-order valence-electron chi connectivity index (χ3n) is 6.62. The van der Waals surface area contributed by atoms with Crippen LogP contribution in [-0.2, 0) is 16.4 Å². The highest BCUT2D eigenvalue weighted by atomic mass is 32.2. The van der Waals surface area contributed by atoms with Crippen molar-refractivity contribution in [2.75, 3.05) is 43.0 Å². The fraction of sp³-hybridized carbons (Fsp3) is 0.400. The summed E-state index contributed by atoms with van der Waals surface area (Å²) in [5, 5.41) is 13.8. The Hall–Kier alpha value is -3.08. The van der Waals surface area contributed by atoms with Gasteiger partial charge in [-0.05, 0) is 61.3 Å². The molecule has 9 nitrogen and oxygen atoms in total. The average molecular weight is 495 g/mol. The van der Waals surface area contributed by atoms with Gasteiger partial charge in [-0.3, -0.25) is 14.8 Å². The monoisotopic (exact) mass is 494 g/mol. The van der Waals surface area contributed by atoms with Crippen LogP contribution in [0.1, 0.15) is 40.5 Å². The lowest BCUT2D eigenvalue weighted by molar-refractivity contribution is 0.102. The number of H-pyrrole nitrogens is 1. The molecule has 2 aliphatic rings. The van der Waals surface area contributed by atoms with Gasteiger partial charge in [-0.2, -0.15) is 5.10 Å². The molecule has 2 aromatic carbocycles. The summed E-state index contributed by atoms with van der Waals surface area (Å²) in [5.74, 6) is 2.12. The molecule has 1 aromatic heterocycles. The number of aromatic amines is 1. The molecule has 3 heterocycles. The van der Waals surface area contributed by atoms with E-state index in [1.807, 2.05) is 42.5 Å². The van der Waals surface area contributed by atoms with Gasteiger partial charge in [0.2, 0.25) is 0 Å². The third-order valence-corrected chi connectivity index (χ3v) is 8.23. The van der Waals surface area contributed by atoms with Crippen LogP contribution in [0.4, 0.5) is 5.69 Å². The number of anilines is 1. The highest BCUT2D eigenvalue weighted by Gasteiger charge is 2.22. The lowest BCUT2D eigenvalue weighted by Gasteiger charge is -2.26. The highest BCUT2D eigenvalue weighted by Crippen LogP contribution is 2.24. The first-order valence-corrected chi connectivity index (χ1v) is 13.8. The smallest absolute Gasteiger partial charge is 0.255 e. The van der Waals surface area contributed by atoms with Crippen LogP contribution in [-0.4, -0.2) is 72.1 Å². The quantitative estimate of drug-likeness (QED) is 0.481. The second-order valence-corrected chi connectivity index (χ2v) is 11.6. The summed E-state index contributed by atoms with van der Waals surface area (Å²) in [6, 6.07) is 15.0. The number of rotatable bonds is 6. The maximum Gasteiger partial charge on any atom is 0.255 e. The second-order valence-electron chi connectivity index (χ2n) is 9.25. The Morgan fingerprint density at radius 1 is 1.11 bits per heavy atom. The predicted molar refractivity (Wildman–Crippen MR) is 135 cm³/mol. The summed E-state index contributed by atoms with van der Waals surface area (Å²) in [6.07, 6.45) is 2.24. The zero-order chi connectivity index (χ0) is 24.3. The van der Waals surface area contributed by atoms with Crippen LogP contribution in [0.5, 0.6) is 0 Å². The summed E-state index contributed by atoms with van der Waals surface area (Å²) >= 11 is 0. The van der Waals surface area contributed by atoms with Crippen molar-refractivity contribution in [3.63, 3.8) is 0 Å². The molecule has 184 valence electrons. The normalized spacial score (nSPS) is 20.4. The van der Waals surface area contributed by atoms with Gasteiger partial charge in [-0.25, -0.2) is 13.4 Å². The van der Waals surface area contributed by atoms with E-state index in [0.717, 1.165) is 42.9 Å². The first kappa shape index (κ1) is 23.7. The molecule has 0 saturated carbocycles. The first-order chi connectivity index (χ1) is 16.9. The SMILES string of the molecule is O=C(Nc1ccc(-c2n[nH]c(C3CCCNC3)n2)cc1)c1cccc(CN2CCS(=O)(=O)CC2)c1. The Morgan fingerprint density at radius 3 is 2.66 bits per heavy atom. The Bertz CT molecular complexity index is 1270. The summed E-state index contributed by atoms with van der Waals surface area (Å²) < 4.78 is 23.3. The lowest BCUT2D eigenvalue weighted by atomic mass is 9.99. The molecule has 2 aliphatic heterocycles. The second kappa shape index (κ2) is 10.3. The van der Waals surface area contributed by atoms with E-state index in [0.29, 0.717) is 42.6 Å². The summed E-state index contributed by atoms with van der Waals surface area (Å²) in [6.45, 7) is 3.64. The highest BCUT2D eigenvalue weighted by molar-refractivity contribution is 7.91. The van der Waals surface area contributed by atoms with Crippen LogP contribution < -0.4 is 10.6 Å². The standard InChI is InChI=1S/C25H30N6O3S/c32-25(20-4-1-3-18(15-20)17-31-11-13-35(33,34)14-12-31)27-22-8-6-19(7-9-22)23-28-24(30-29-23)21-5-2-10-26-16-21/h1,3-4,6-9,15,21,26H,2,5,10-14,16-17H2,(H,27,32)(H,28,29,30). The number of hydrogen-bond donors (Lipinski definition) is 3. The number of amides is 1. The number of piperidine rings is 1. The number of benzene rings is 2. The molecule has 0 bridgehead atoms. The molecule has 0 aliphatic carbocycles. The van der Waals surface area contributed by atoms with E-state index < -0.39 is 9.84 Å². The van der Waals surface area contributed by atoms with Gasteiger partial charge < -0.3 is 10.6 Å². The zero-order valence-corrected chi connectivity index (χ0v) is 20.4. The molecule has 2 saturated heterocycles. The van der Waals surface area contributed by atoms with Crippen molar-refractivity contribution in [2.24, 2.45) is 0 Å². The van der Waals surface area contributed by atoms with Gasteiger partial charge >= 0.3 is 0 Å². The van der Waals surface area contributed by atoms with Gasteiger partial charge in [0.25, 0.3) is 5.91 Å². The minimum atomic E-state index is -2.91. The van der Waals surface area contributed by atoms with Crippen LogP contribution in [0.2, 0.25) is 0 Å². The number of nitrogens with one attached hydrogen (secondary N) is 3. The minimum absolute atomic E-state index is 0.189. The van der Waals surface area contributed by atoms with Gasteiger partial charge in [0, 0.05) is 48.9 Å². The van der Waals surface area contributed by atoms with Crippen molar-refractivity contribution >= 4 is 21.4 Å². The topological polar surface area (TPSA) is 120 Å². The van der Waals surface area contributed by atoms with Crippen molar-refractivity contribution < 1.29 is 13.2 Å². The van der Waals surface area contributed by atoms with E-state index in [1.54, 1.807) is 6.07 Å². The molecule has 35 heavy (non-hydrogen) atoms. The average Bonchev–Trinajstić information content (AvgIpc) is 3.37. The minimum Gasteiger partial charge on any atom is -0.322 e. The van der Waals surface area contributed by atoms with Crippen molar-refractivity contribution in [1.29, 1.82) is 0 Å². The van der Waals surface area contributed by atoms with Gasteiger partial charge in [-0.1, -0.05) is 12.1 Å². The Kier molecular flexibility index (Phi) is 6.94. The van der Waals surface area contributed by atoms with Crippen LogP contribution in [0, 0.1) is 0 Å². The van der Waals surface area contributed by atoms with Crippen LogP contribution in [0.15, 0.2) is 48.5 Å². The Morgan fingerprint density at radius 2 is 1.91 bits per heavy atom. The number of hydrogen-bond acceptors (Lipinski definition) is 7. The van der Waals surface area contributed by atoms with Crippen molar-refractivity contribution in [3.05, 3.63) is 65.5 Å². The first-order valence-electron chi connectivity index (χ1n) is 12.0. The molecule has 1 amide bonds. The van der Waals surface area contributed by atoms with Gasteiger partial charge in [0.15, 0.2) is 15.7 Å². The zero-order valence-electron chi connectivity index (χ0n) is 19.5. The fourth-order valence-corrected chi connectivity index (χ4v) is 5.83. The predicted octanol–water partition coefficient (Wildman–Crippen LogP) is 2.42. The van der Waals surface area contributed by atoms with Gasteiger partial charge in [-0.15, -0.1) is 0 Å². The fourth-order valence-electron chi connectivity index (χ4n) is 4.55. The van der Waals surface area contributed by atoms with Gasteiger partial charge in [0.05, 0.1) is 11.5 Å². The summed E-state index contributed by atoms with van der Waals surface area (Å²) in [5.41, 5.74) is 3.13. The summed E-state index contributed by atoms with van der Waals surface area (Å²) in [7, 11) is -2.91. The van der Waals surface area contributed by atoms with E-state index in [4.69, 9.17) is 0 Å². The van der Waals surface area contributed by atoms with E-state index >= 15 is 0 Å². The van der Waals surface area contributed by atoms with E-state index in [-0.39, 0.29) is 17.4 Å². The molecule has 10 heteroatoms. The summed E-state index contributed by atoms with van der Waals surface area (Å²) in [4.78, 5) is 19.6. The number of sulfone groups is 1. The molecule has 3 aromatic rings. The molecule has 0 radical (unpaired) electrons. The molecule has 3 N–H and O–H groups in total. The lowest BCUT2D eigenvalue weighted by Crippen LogP contribution is -2.39. The van der Waals surface area contributed by atoms with E-state index in [2.05, 4.69) is 30.7 Å². The molecule has 1 unspecified atom stereocenters.